The van der Waals surface area contributed by atoms with Crippen molar-refractivity contribution in [3.8, 4) is 0 Å². The van der Waals surface area contributed by atoms with Gasteiger partial charge in [-0.05, 0) is 36.9 Å². The van der Waals surface area contributed by atoms with Gasteiger partial charge < -0.3 is 15.0 Å². The molecule has 0 aromatic heterocycles. The van der Waals surface area contributed by atoms with Gasteiger partial charge in [0, 0.05) is 19.1 Å². The van der Waals surface area contributed by atoms with Crippen molar-refractivity contribution in [1.29, 1.82) is 0 Å². The molecule has 0 unspecified atom stereocenters. The summed E-state index contributed by atoms with van der Waals surface area (Å²) in [6, 6.07) is 0.574. The number of hydrogen-bond donors (Lipinski definition) is 1. The van der Waals surface area contributed by atoms with Gasteiger partial charge in [-0.2, -0.15) is 0 Å². The molecule has 88 valence electrons. The Bertz CT molecular complexity index is 312. The molecule has 2 bridgehead atoms. The first-order chi connectivity index (χ1) is 7.83. The van der Waals surface area contributed by atoms with Crippen LogP contribution in [-0.4, -0.2) is 42.4 Å². The van der Waals surface area contributed by atoms with Crippen LogP contribution in [0.1, 0.15) is 12.8 Å². The Morgan fingerprint density at radius 2 is 2.06 bits per heavy atom. The zero-order chi connectivity index (χ0) is 11.0. The zero-order valence-electron chi connectivity index (χ0n) is 9.39. The lowest BCUT2D eigenvalue weighted by Gasteiger charge is -2.32. The fourth-order valence-corrected chi connectivity index (χ4v) is 3.30. The minimum absolute atomic E-state index is 0.574. The molecule has 1 heterocycles. The van der Waals surface area contributed by atoms with Gasteiger partial charge in [-0.3, -0.25) is 0 Å². The highest BCUT2D eigenvalue weighted by Crippen LogP contribution is 2.38. The van der Waals surface area contributed by atoms with E-state index in [1.54, 1.807) is 0 Å². The Kier molecular flexibility index (Phi) is 2.86. The molecule has 0 spiro atoms. The van der Waals surface area contributed by atoms with Crippen LogP contribution in [0.5, 0.6) is 0 Å². The number of nitrogens with one attached hydrogen (secondary N) is 1. The van der Waals surface area contributed by atoms with Crippen molar-refractivity contribution in [2.45, 2.75) is 18.9 Å². The van der Waals surface area contributed by atoms with Gasteiger partial charge >= 0.3 is 0 Å². The monoisotopic (exact) mass is 238 g/mol. The summed E-state index contributed by atoms with van der Waals surface area (Å²) in [5.74, 6) is 1.51. The molecule has 1 N–H and O–H groups in total. The molecular formula is C12H18N2OS. The third-order valence-electron chi connectivity index (χ3n) is 3.89. The number of nitrogens with zero attached hydrogens (tertiary/aromatic N) is 1. The molecular weight excluding hydrogens is 220 g/mol. The maximum absolute atomic E-state index is 5.46. The molecule has 2 aliphatic carbocycles. The molecule has 16 heavy (non-hydrogen) atoms. The van der Waals surface area contributed by atoms with Gasteiger partial charge in [-0.15, -0.1) is 0 Å². The summed E-state index contributed by atoms with van der Waals surface area (Å²) < 4.78 is 5.33. The van der Waals surface area contributed by atoms with E-state index in [2.05, 4.69) is 22.4 Å². The van der Waals surface area contributed by atoms with Crippen LogP contribution in [0, 0.1) is 11.8 Å². The number of rotatable bonds is 1. The van der Waals surface area contributed by atoms with Crippen LogP contribution < -0.4 is 5.32 Å². The van der Waals surface area contributed by atoms with E-state index in [0.29, 0.717) is 12.0 Å². The molecule has 2 fully saturated rings. The molecule has 4 heteroatoms. The minimum atomic E-state index is 0.574. The Morgan fingerprint density at radius 3 is 2.69 bits per heavy atom. The SMILES string of the molecule is S=C(N[C@@H]1C[C@@H]2C=C[C@@H]1C2)N1CCOCC1. The van der Waals surface area contributed by atoms with Crippen LogP contribution in [-0.2, 0) is 4.74 Å². The average Bonchev–Trinajstić information content (AvgIpc) is 2.92. The van der Waals surface area contributed by atoms with Crippen LogP contribution in [0.15, 0.2) is 12.2 Å². The summed E-state index contributed by atoms with van der Waals surface area (Å²) in [7, 11) is 0. The summed E-state index contributed by atoms with van der Waals surface area (Å²) in [5, 5.41) is 4.46. The molecule has 0 aromatic rings. The molecule has 0 radical (unpaired) electrons. The molecule has 3 aliphatic rings. The quantitative estimate of drug-likeness (QED) is 0.547. The van der Waals surface area contributed by atoms with Crippen molar-refractivity contribution in [1.82, 2.24) is 10.2 Å². The number of allylic oxidation sites excluding steroid dienone is 1. The third-order valence-corrected chi connectivity index (χ3v) is 4.26. The number of morpholine rings is 1. The standard InChI is InChI=1S/C12H18N2OS/c16-12(14-3-5-15-6-4-14)13-11-8-9-1-2-10(11)7-9/h1-2,9-11H,3-8H2,(H,13,16)/t9-,10-,11-/m1/s1. The first-order valence-corrected chi connectivity index (χ1v) is 6.55. The summed E-state index contributed by atoms with van der Waals surface area (Å²) >= 11 is 5.46. The largest absolute Gasteiger partial charge is 0.378 e. The lowest BCUT2D eigenvalue weighted by atomic mass is 10.0. The van der Waals surface area contributed by atoms with Crippen molar-refractivity contribution in [2.75, 3.05) is 26.3 Å². The Morgan fingerprint density at radius 1 is 1.25 bits per heavy atom. The Hall–Kier alpha value is -0.610. The second-order valence-corrected chi connectivity index (χ2v) is 5.32. The molecule has 3 atom stereocenters. The van der Waals surface area contributed by atoms with E-state index in [4.69, 9.17) is 17.0 Å². The zero-order valence-corrected chi connectivity index (χ0v) is 10.2. The van der Waals surface area contributed by atoms with Gasteiger partial charge in [0.2, 0.25) is 0 Å². The van der Waals surface area contributed by atoms with E-state index in [9.17, 15) is 0 Å². The lowest BCUT2D eigenvalue weighted by Crippen LogP contribution is -2.49. The van der Waals surface area contributed by atoms with E-state index in [0.717, 1.165) is 37.3 Å². The normalized spacial score (nSPS) is 36.8. The van der Waals surface area contributed by atoms with Crippen molar-refractivity contribution < 1.29 is 4.74 Å². The fourth-order valence-electron chi connectivity index (χ4n) is 2.96. The molecule has 1 saturated carbocycles. The Balaban J connectivity index is 1.54. The molecule has 3 rings (SSSR count). The van der Waals surface area contributed by atoms with E-state index < -0.39 is 0 Å². The van der Waals surface area contributed by atoms with Crippen molar-refractivity contribution in [3.05, 3.63) is 12.2 Å². The number of thiocarbonyl (C=S) groups is 1. The van der Waals surface area contributed by atoms with Crippen LogP contribution in [0.4, 0.5) is 0 Å². The van der Waals surface area contributed by atoms with E-state index in [-0.39, 0.29) is 0 Å². The highest BCUT2D eigenvalue weighted by atomic mass is 32.1. The van der Waals surface area contributed by atoms with Crippen molar-refractivity contribution in [3.63, 3.8) is 0 Å². The van der Waals surface area contributed by atoms with Gasteiger partial charge in [0.25, 0.3) is 0 Å². The van der Waals surface area contributed by atoms with Crippen LogP contribution in [0.25, 0.3) is 0 Å². The van der Waals surface area contributed by atoms with E-state index in [1.807, 2.05) is 0 Å². The van der Waals surface area contributed by atoms with Crippen molar-refractivity contribution >= 4 is 17.3 Å². The smallest absolute Gasteiger partial charge is 0.169 e. The highest BCUT2D eigenvalue weighted by molar-refractivity contribution is 7.80. The van der Waals surface area contributed by atoms with Gasteiger partial charge in [0.15, 0.2) is 5.11 Å². The van der Waals surface area contributed by atoms with Crippen LogP contribution in [0.3, 0.4) is 0 Å². The Labute approximate surface area is 102 Å². The minimum Gasteiger partial charge on any atom is -0.378 e. The second-order valence-electron chi connectivity index (χ2n) is 4.94. The van der Waals surface area contributed by atoms with Gasteiger partial charge in [-0.25, -0.2) is 0 Å². The predicted molar refractivity (Wildman–Crippen MR) is 67.3 cm³/mol. The average molecular weight is 238 g/mol. The van der Waals surface area contributed by atoms with E-state index in [1.165, 1.54) is 12.8 Å². The summed E-state index contributed by atoms with van der Waals surface area (Å²) in [4.78, 5) is 2.23. The van der Waals surface area contributed by atoms with Crippen LogP contribution >= 0.6 is 12.2 Å². The molecule has 0 aromatic carbocycles. The number of fused-ring (bicyclic) bond motifs is 2. The molecule has 1 saturated heterocycles. The van der Waals surface area contributed by atoms with Gasteiger partial charge in [-0.1, -0.05) is 12.2 Å². The number of hydrogen-bond acceptors (Lipinski definition) is 2. The summed E-state index contributed by atoms with van der Waals surface area (Å²) in [5.41, 5.74) is 0. The highest BCUT2D eigenvalue weighted by Gasteiger charge is 2.36. The summed E-state index contributed by atoms with van der Waals surface area (Å²) in [6.07, 6.45) is 7.30. The topological polar surface area (TPSA) is 24.5 Å². The summed E-state index contributed by atoms with van der Waals surface area (Å²) in [6.45, 7) is 3.47. The first kappa shape index (κ1) is 10.5. The second kappa shape index (κ2) is 4.34. The van der Waals surface area contributed by atoms with Crippen molar-refractivity contribution in [2.24, 2.45) is 11.8 Å². The lowest BCUT2D eigenvalue weighted by molar-refractivity contribution is 0.0673. The molecule has 1 aliphatic heterocycles. The van der Waals surface area contributed by atoms with E-state index >= 15 is 0 Å². The maximum Gasteiger partial charge on any atom is 0.169 e. The molecule has 0 amide bonds. The predicted octanol–water partition coefficient (Wildman–Crippen LogP) is 1.16. The number of ether oxygens (including phenoxy) is 1. The first-order valence-electron chi connectivity index (χ1n) is 6.14. The third kappa shape index (κ3) is 1.96. The molecule has 3 nitrogen and oxygen atoms in total. The maximum atomic E-state index is 5.46. The fraction of sp³-hybridized carbons (Fsp3) is 0.750. The van der Waals surface area contributed by atoms with Crippen LogP contribution in [0.2, 0.25) is 0 Å². The van der Waals surface area contributed by atoms with Gasteiger partial charge in [0.1, 0.15) is 0 Å². The van der Waals surface area contributed by atoms with Gasteiger partial charge in [0.05, 0.1) is 13.2 Å².